The van der Waals surface area contributed by atoms with Crippen LogP contribution in [0, 0.1) is 5.92 Å². The van der Waals surface area contributed by atoms with Gasteiger partial charge in [-0.25, -0.2) is 0 Å². The van der Waals surface area contributed by atoms with Gasteiger partial charge in [-0.2, -0.15) is 0 Å². The Labute approximate surface area is 52.7 Å². The third-order valence-corrected chi connectivity index (χ3v) is 2.03. The van der Waals surface area contributed by atoms with Gasteiger partial charge in [0.2, 0.25) is 0 Å². The van der Waals surface area contributed by atoms with Crippen LogP contribution in [0.3, 0.4) is 0 Å². The van der Waals surface area contributed by atoms with Crippen molar-refractivity contribution in [2.75, 3.05) is 0 Å². The molecule has 0 N–H and O–H groups in total. The zero-order valence-corrected chi connectivity index (χ0v) is 5.98. The minimum atomic E-state index is 0.931. The average Bonchev–Trinajstić information content (AvgIpc) is 1.55. The molecule has 1 rings (SSSR count). The van der Waals surface area contributed by atoms with Crippen LogP contribution in [0.5, 0.6) is 0 Å². The van der Waals surface area contributed by atoms with Gasteiger partial charge in [-0.05, 0) is 5.92 Å². The lowest BCUT2D eigenvalue weighted by Crippen LogP contribution is -2.16. The quantitative estimate of drug-likeness (QED) is 0.479. The molecule has 0 amide bonds. The summed E-state index contributed by atoms with van der Waals surface area (Å²) in [6.07, 6.45) is 5.99. The number of hydrogen-bond acceptors (Lipinski definition) is 0. The molecule has 0 spiro atoms. The van der Waals surface area contributed by atoms with Crippen molar-refractivity contribution in [2.24, 2.45) is 5.92 Å². The van der Waals surface area contributed by atoms with Crippen molar-refractivity contribution >= 4 is 6.71 Å². The van der Waals surface area contributed by atoms with Crippen molar-refractivity contribution in [3.8, 4) is 0 Å². The molecule has 8 heavy (non-hydrogen) atoms. The number of rotatable bonds is 2. The largest absolute Gasteiger partial charge is 0.133 e. The minimum Gasteiger partial charge on any atom is -0.0863 e. The molecule has 1 fully saturated rings. The highest BCUT2D eigenvalue weighted by Gasteiger charge is 2.18. The molecule has 46 valence electrons. The van der Waals surface area contributed by atoms with E-state index >= 15 is 0 Å². The summed E-state index contributed by atoms with van der Waals surface area (Å²) < 4.78 is 0. The van der Waals surface area contributed by atoms with E-state index in [9.17, 15) is 0 Å². The second-order valence-electron chi connectivity index (χ2n) is 3.43. The van der Waals surface area contributed by atoms with Gasteiger partial charge < -0.3 is 0 Å². The zero-order valence-electron chi connectivity index (χ0n) is 5.98. The highest BCUT2D eigenvalue weighted by molar-refractivity contribution is 6.55. The fraction of sp³-hybridized carbons (Fsp3) is 1.00. The summed E-state index contributed by atoms with van der Waals surface area (Å²) >= 11 is 0. The van der Waals surface area contributed by atoms with E-state index in [1.165, 1.54) is 25.6 Å². The molecule has 1 aliphatic carbocycles. The van der Waals surface area contributed by atoms with E-state index < -0.39 is 0 Å². The SMILES string of the molecule is CB(C)CC1CCC1. The molecule has 0 saturated heterocycles. The van der Waals surface area contributed by atoms with Crippen LogP contribution in [-0.2, 0) is 0 Å². The molecule has 0 aromatic rings. The van der Waals surface area contributed by atoms with Gasteiger partial charge in [-0.1, -0.05) is 39.2 Å². The highest BCUT2D eigenvalue weighted by atomic mass is 14.2. The first-order chi connectivity index (χ1) is 3.79. The fourth-order valence-corrected chi connectivity index (χ4v) is 1.40. The molecular formula is C7H15B. The van der Waals surface area contributed by atoms with E-state index in [-0.39, 0.29) is 0 Å². The first-order valence-electron chi connectivity index (χ1n) is 3.79. The zero-order chi connectivity index (χ0) is 5.98. The van der Waals surface area contributed by atoms with Gasteiger partial charge in [-0.15, -0.1) is 0 Å². The normalized spacial score (nSPS) is 20.2. The van der Waals surface area contributed by atoms with Crippen molar-refractivity contribution in [1.29, 1.82) is 0 Å². The summed E-state index contributed by atoms with van der Waals surface area (Å²) in [5.74, 6) is 1.11. The molecule has 0 bridgehead atoms. The van der Waals surface area contributed by atoms with Crippen molar-refractivity contribution < 1.29 is 0 Å². The van der Waals surface area contributed by atoms with Crippen LogP contribution in [0.4, 0.5) is 0 Å². The summed E-state index contributed by atoms with van der Waals surface area (Å²) in [5, 5.41) is 0. The standard InChI is InChI=1S/C7H15B/c1-8(2)6-7-4-3-5-7/h7H,3-6H2,1-2H3. The lowest BCUT2D eigenvalue weighted by atomic mass is 9.47. The summed E-state index contributed by atoms with van der Waals surface area (Å²) in [6.45, 7) is 5.57. The Morgan fingerprint density at radius 3 is 2.12 bits per heavy atom. The molecule has 0 aliphatic heterocycles. The van der Waals surface area contributed by atoms with Crippen LogP contribution < -0.4 is 0 Å². The van der Waals surface area contributed by atoms with Crippen LogP contribution in [0.1, 0.15) is 19.3 Å². The molecule has 0 heterocycles. The highest BCUT2D eigenvalue weighted by Crippen LogP contribution is 2.30. The second-order valence-corrected chi connectivity index (χ2v) is 3.43. The predicted molar refractivity (Wildman–Crippen MR) is 39.6 cm³/mol. The van der Waals surface area contributed by atoms with Gasteiger partial charge in [-0.3, -0.25) is 0 Å². The van der Waals surface area contributed by atoms with Crippen LogP contribution in [0.25, 0.3) is 0 Å². The van der Waals surface area contributed by atoms with Crippen LogP contribution in [0.15, 0.2) is 0 Å². The first kappa shape index (κ1) is 6.19. The lowest BCUT2D eigenvalue weighted by Gasteiger charge is -2.25. The molecule has 0 unspecified atom stereocenters. The molecule has 1 saturated carbocycles. The van der Waals surface area contributed by atoms with E-state index in [1.807, 2.05) is 0 Å². The summed E-state index contributed by atoms with van der Waals surface area (Å²) in [7, 11) is 0. The van der Waals surface area contributed by atoms with Gasteiger partial charge in [0.15, 0.2) is 0 Å². The Kier molecular flexibility index (Phi) is 1.98. The summed E-state index contributed by atoms with van der Waals surface area (Å²) in [6, 6.07) is 0. The lowest BCUT2D eigenvalue weighted by molar-refractivity contribution is 0.344. The molecule has 0 atom stereocenters. The fourth-order valence-electron chi connectivity index (χ4n) is 1.40. The van der Waals surface area contributed by atoms with E-state index in [4.69, 9.17) is 0 Å². The Hall–Kier alpha value is 0.0649. The van der Waals surface area contributed by atoms with Gasteiger partial charge in [0.1, 0.15) is 6.71 Å². The second kappa shape index (κ2) is 2.57. The molecule has 0 radical (unpaired) electrons. The summed E-state index contributed by atoms with van der Waals surface area (Å²) in [4.78, 5) is 0. The van der Waals surface area contributed by atoms with Crippen molar-refractivity contribution in [3.63, 3.8) is 0 Å². The average molecular weight is 110 g/mol. The maximum absolute atomic E-state index is 2.32. The van der Waals surface area contributed by atoms with Gasteiger partial charge in [0.25, 0.3) is 0 Å². The third kappa shape index (κ3) is 1.54. The summed E-state index contributed by atoms with van der Waals surface area (Å²) in [5.41, 5.74) is 0. The number of hydrogen-bond donors (Lipinski definition) is 0. The maximum atomic E-state index is 2.32. The van der Waals surface area contributed by atoms with E-state index in [2.05, 4.69) is 13.6 Å². The van der Waals surface area contributed by atoms with Gasteiger partial charge in [0.05, 0.1) is 0 Å². The van der Waals surface area contributed by atoms with Gasteiger partial charge in [0, 0.05) is 0 Å². The third-order valence-electron chi connectivity index (χ3n) is 2.03. The Bertz CT molecular complexity index is 64.8. The van der Waals surface area contributed by atoms with Crippen LogP contribution in [0.2, 0.25) is 20.0 Å². The molecule has 0 nitrogen and oxygen atoms in total. The van der Waals surface area contributed by atoms with Crippen molar-refractivity contribution in [1.82, 2.24) is 0 Å². The molecular weight excluding hydrogens is 94.9 g/mol. The predicted octanol–water partition coefficient (Wildman–Crippen LogP) is 2.54. The maximum Gasteiger partial charge on any atom is 0.133 e. The smallest absolute Gasteiger partial charge is 0.0863 e. The molecule has 0 aromatic heterocycles. The van der Waals surface area contributed by atoms with Crippen molar-refractivity contribution in [2.45, 2.75) is 39.2 Å². The van der Waals surface area contributed by atoms with E-state index in [0.29, 0.717) is 0 Å². The first-order valence-corrected chi connectivity index (χ1v) is 3.79. The molecule has 1 heteroatoms. The Morgan fingerprint density at radius 2 is 2.00 bits per heavy atom. The molecule has 1 aliphatic rings. The van der Waals surface area contributed by atoms with E-state index in [0.717, 1.165) is 12.6 Å². The van der Waals surface area contributed by atoms with Crippen LogP contribution >= 0.6 is 0 Å². The Morgan fingerprint density at radius 1 is 1.38 bits per heavy atom. The van der Waals surface area contributed by atoms with Crippen LogP contribution in [-0.4, -0.2) is 6.71 Å². The minimum absolute atomic E-state index is 0.931. The van der Waals surface area contributed by atoms with Gasteiger partial charge >= 0.3 is 0 Å². The Balaban J connectivity index is 2.01. The van der Waals surface area contributed by atoms with Crippen molar-refractivity contribution in [3.05, 3.63) is 0 Å². The molecule has 0 aromatic carbocycles. The monoisotopic (exact) mass is 110 g/mol. The van der Waals surface area contributed by atoms with E-state index in [1.54, 1.807) is 0 Å². The topological polar surface area (TPSA) is 0 Å².